The summed E-state index contributed by atoms with van der Waals surface area (Å²) in [5.74, 6) is 0. The summed E-state index contributed by atoms with van der Waals surface area (Å²) in [5, 5.41) is 6.48. The largest absolute Gasteiger partial charge is 0.416 e. The van der Waals surface area contributed by atoms with Gasteiger partial charge in [0, 0.05) is 18.3 Å². The Labute approximate surface area is 98.2 Å². The molecule has 1 heterocycles. The number of hydrogen-bond acceptors (Lipinski definition) is 2. The zero-order chi connectivity index (χ0) is 12.3. The first-order chi connectivity index (χ1) is 8.05. The molecule has 1 atom stereocenters. The van der Waals surface area contributed by atoms with Crippen LogP contribution in [0.1, 0.15) is 18.4 Å². The first-order valence-corrected chi connectivity index (χ1v) is 5.70. The molecule has 0 aliphatic carbocycles. The molecule has 1 aromatic rings. The Balaban J connectivity index is 1.98. The van der Waals surface area contributed by atoms with E-state index in [0.717, 1.165) is 43.8 Å². The predicted octanol–water partition coefficient (Wildman–Crippen LogP) is 2.87. The van der Waals surface area contributed by atoms with Crippen LogP contribution >= 0.6 is 0 Å². The molecule has 5 heteroatoms. The fourth-order valence-electron chi connectivity index (χ4n) is 1.97. The SMILES string of the molecule is FC(F)(F)c1ccc(NC2CCCNC2)cc1. The summed E-state index contributed by atoms with van der Waals surface area (Å²) in [5.41, 5.74) is 0.136. The minimum absolute atomic E-state index is 0.306. The molecule has 1 fully saturated rings. The van der Waals surface area contributed by atoms with Gasteiger partial charge < -0.3 is 10.6 Å². The molecule has 0 aromatic heterocycles. The lowest BCUT2D eigenvalue weighted by atomic mass is 10.1. The van der Waals surface area contributed by atoms with Crippen molar-refractivity contribution < 1.29 is 13.2 Å². The van der Waals surface area contributed by atoms with Crippen molar-refractivity contribution in [2.75, 3.05) is 18.4 Å². The molecule has 0 radical (unpaired) electrons. The molecule has 1 aromatic carbocycles. The van der Waals surface area contributed by atoms with Crippen LogP contribution < -0.4 is 10.6 Å². The van der Waals surface area contributed by atoms with Gasteiger partial charge in [0.05, 0.1) is 5.56 Å². The summed E-state index contributed by atoms with van der Waals surface area (Å²) in [6, 6.07) is 5.49. The molecule has 2 rings (SSSR count). The van der Waals surface area contributed by atoms with Gasteiger partial charge in [0.15, 0.2) is 0 Å². The Morgan fingerprint density at radius 3 is 2.41 bits per heavy atom. The zero-order valence-electron chi connectivity index (χ0n) is 9.35. The molecule has 17 heavy (non-hydrogen) atoms. The summed E-state index contributed by atoms with van der Waals surface area (Å²) in [6.45, 7) is 1.88. The van der Waals surface area contributed by atoms with Crippen molar-refractivity contribution in [3.8, 4) is 0 Å². The Kier molecular flexibility index (Phi) is 3.57. The van der Waals surface area contributed by atoms with E-state index in [1.807, 2.05) is 0 Å². The molecule has 2 N–H and O–H groups in total. The summed E-state index contributed by atoms with van der Waals surface area (Å²) in [6.07, 6.45) is -2.11. The second-order valence-corrected chi connectivity index (χ2v) is 4.26. The van der Waals surface area contributed by atoms with E-state index in [2.05, 4.69) is 10.6 Å². The summed E-state index contributed by atoms with van der Waals surface area (Å²) in [4.78, 5) is 0. The number of alkyl halides is 3. The van der Waals surface area contributed by atoms with Gasteiger partial charge in [-0.25, -0.2) is 0 Å². The third-order valence-electron chi connectivity index (χ3n) is 2.88. The Bertz CT molecular complexity index is 353. The number of hydrogen-bond donors (Lipinski definition) is 2. The third-order valence-corrected chi connectivity index (χ3v) is 2.88. The Hall–Kier alpha value is -1.23. The molecule has 1 aliphatic rings. The second-order valence-electron chi connectivity index (χ2n) is 4.26. The minimum atomic E-state index is -4.26. The summed E-state index contributed by atoms with van der Waals surface area (Å²) >= 11 is 0. The molecule has 1 unspecified atom stereocenters. The minimum Gasteiger partial charge on any atom is -0.381 e. The van der Waals surface area contributed by atoms with Crippen LogP contribution in [0.2, 0.25) is 0 Å². The van der Waals surface area contributed by atoms with Crippen molar-refractivity contribution in [3.63, 3.8) is 0 Å². The number of nitrogens with one attached hydrogen (secondary N) is 2. The van der Waals surface area contributed by atoms with Crippen LogP contribution in [0.15, 0.2) is 24.3 Å². The van der Waals surface area contributed by atoms with Gasteiger partial charge >= 0.3 is 6.18 Å². The lowest BCUT2D eigenvalue weighted by molar-refractivity contribution is -0.137. The van der Waals surface area contributed by atoms with E-state index in [4.69, 9.17) is 0 Å². The first kappa shape index (κ1) is 12.2. The highest BCUT2D eigenvalue weighted by Crippen LogP contribution is 2.30. The molecule has 0 spiro atoms. The monoisotopic (exact) mass is 244 g/mol. The van der Waals surface area contributed by atoms with Crippen LogP contribution in [0.5, 0.6) is 0 Å². The number of rotatable bonds is 2. The quantitative estimate of drug-likeness (QED) is 0.836. The van der Waals surface area contributed by atoms with E-state index in [1.54, 1.807) is 0 Å². The molecular weight excluding hydrogens is 229 g/mol. The highest BCUT2D eigenvalue weighted by Gasteiger charge is 2.30. The van der Waals surface area contributed by atoms with Crippen molar-refractivity contribution >= 4 is 5.69 Å². The van der Waals surface area contributed by atoms with Crippen LogP contribution in [0.3, 0.4) is 0 Å². The molecule has 0 bridgehead atoms. The predicted molar refractivity (Wildman–Crippen MR) is 61.0 cm³/mol. The molecule has 0 saturated carbocycles. The maximum atomic E-state index is 12.3. The van der Waals surface area contributed by atoms with E-state index in [9.17, 15) is 13.2 Å². The molecule has 1 aliphatic heterocycles. The van der Waals surface area contributed by atoms with Crippen LogP contribution in [0.25, 0.3) is 0 Å². The fourth-order valence-corrected chi connectivity index (χ4v) is 1.97. The van der Waals surface area contributed by atoms with Gasteiger partial charge in [0.1, 0.15) is 0 Å². The smallest absolute Gasteiger partial charge is 0.381 e. The third kappa shape index (κ3) is 3.36. The van der Waals surface area contributed by atoms with Crippen molar-refractivity contribution in [2.24, 2.45) is 0 Å². The van der Waals surface area contributed by atoms with Crippen LogP contribution in [-0.2, 0) is 6.18 Å². The average molecular weight is 244 g/mol. The van der Waals surface area contributed by atoms with Crippen molar-refractivity contribution in [2.45, 2.75) is 25.1 Å². The van der Waals surface area contributed by atoms with Crippen molar-refractivity contribution in [1.29, 1.82) is 0 Å². The van der Waals surface area contributed by atoms with Gasteiger partial charge in [0.25, 0.3) is 0 Å². The van der Waals surface area contributed by atoms with Gasteiger partial charge in [-0.1, -0.05) is 0 Å². The standard InChI is InChI=1S/C12H15F3N2/c13-12(14,15)9-3-5-10(6-4-9)17-11-2-1-7-16-8-11/h3-6,11,16-17H,1-2,7-8H2. The van der Waals surface area contributed by atoms with E-state index in [-0.39, 0.29) is 0 Å². The van der Waals surface area contributed by atoms with Gasteiger partial charge in [0.2, 0.25) is 0 Å². The highest BCUT2D eigenvalue weighted by molar-refractivity contribution is 5.46. The Morgan fingerprint density at radius 2 is 1.88 bits per heavy atom. The first-order valence-electron chi connectivity index (χ1n) is 5.70. The fraction of sp³-hybridized carbons (Fsp3) is 0.500. The van der Waals surface area contributed by atoms with Gasteiger partial charge in [-0.3, -0.25) is 0 Å². The lowest BCUT2D eigenvalue weighted by Gasteiger charge is -2.24. The van der Waals surface area contributed by atoms with Crippen molar-refractivity contribution in [1.82, 2.24) is 5.32 Å². The molecule has 1 saturated heterocycles. The normalized spacial score (nSPS) is 21.2. The highest BCUT2D eigenvalue weighted by atomic mass is 19.4. The van der Waals surface area contributed by atoms with Gasteiger partial charge in [-0.15, -0.1) is 0 Å². The van der Waals surface area contributed by atoms with E-state index >= 15 is 0 Å². The van der Waals surface area contributed by atoms with Crippen LogP contribution in [0, 0.1) is 0 Å². The van der Waals surface area contributed by atoms with Crippen molar-refractivity contribution in [3.05, 3.63) is 29.8 Å². The van der Waals surface area contributed by atoms with Gasteiger partial charge in [-0.2, -0.15) is 13.2 Å². The average Bonchev–Trinajstić information content (AvgIpc) is 2.30. The topological polar surface area (TPSA) is 24.1 Å². The molecule has 0 amide bonds. The molecule has 2 nitrogen and oxygen atoms in total. The Morgan fingerprint density at radius 1 is 1.18 bits per heavy atom. The lowest BCUT2D eigenvalue weighted by Crippen LogP contribution is -2.38. The van der Waals surface area contributed by atoms with Crippen LogP contribution in [0.4, 0.5) is 18.9 Å². The summed E-state index contributed by atoms with van der Waals surface area (Å²) < 4.78 is 37.0. The number of piperidine rings is 1. The maximum absolute atomic E-state index is 12.3. The second kappa shape index (κ2) is 4.96. The number of anilines is 1. The van der Waals surface area contributed by atoms with Crippen LogP contribution in [-0.4, -0.2) is 19.1 Å². The zero-order valence-corrected chi connectivity index (χ0v) is 9.35. The van der Waals surface area contributed by atoms with E-state index in [1.165, 1.54) is 12.1 Å². The maximum Gasteiger partial charge on any atom is 0.416 e. The van der Waals surface area contributed by atoms with E-state index in [0.29, 0.717) is 6.04 Å². The molecular formula is C12H15F3N2. The summed E-state index contributed by atoms with van der Waals surface area (Å²) in [7, 11) is 0. The number of benzene rings is 1. The molecule has 94 valence electrons. The van der Waals surface area contributed by atoms with E-state index < -0.39 is 11.7 Å². The number of halogens is 3. The van der Waals surface area contributed by atoms with Gasteiger partial charge in [-0.05, 0) is 43.7 Å².